The van der Waals surface area contributed by atoms with E-state index in [0.717, 1.165) is 29.9 Å². The topological polar surface area (TPSA) is 63.1 Å². The Labute approximate surface area is 172 Å². The maximum atomic E-state index is 12.3. The number of carbonyl (C=O) groups is 1. The minimum absolute atomic E-state index is 0.0316. The lowest BCUT2D eigenvalue weighted by molar-refractivity contribution is -0.119. The summed E-state index contributed by atoms with van der Waals surface area (Å²) in [6.07, 6.45) is 3.63. The number of piperidine rings is 1. The average Bonchev–Trinajstić information content (AvgIpc) is 3.11. The van der Waals surface area contributed by atoms with Gasteiger partial charge >= 0.3 is 0 Å². The summed E-state index contributed by atoms with van der Waals surface area (Å²) in [6.45, 7) is 10.3. The molecule has 1 atom stereocenters. The van der Waals surface area contributed by atoms with Gasteiger partial charge in [-0.1, -0.05) is 43.3 Å². The summed E-state index contributed by atoms with van der Waals surface area (Å²) in [6, 6.07) is 8.54. The number of anilines is 1. The van der Waals surface area contributed by atoms with E-state index in [9.17, 15) is 4.79 Å². The number of nitrogens with one attached hydrogen (secondary N) is 1. The van der Waals surface area contributed by atoms with Crippen LogP contribution in [0.15, 0.2) is 29.4 Å². The summed E-state index contributed by atoms with van der Waals surface area (Å²) in [5, 5.41) is 12.7. The summed E-state index contributed by atoms with van der Waals surface area (Å²) in [7, 11) is 0. The van der Waals surface area contributed by atoms with Crippen molar-refractivity contribution >= 4 is 23.6 Å². The fourth-order valence-electron chi connectivity index (χ4n) is 3.17. The Hall–Kier alpha value is -2.02. The SMILES string of the molecule is Cc1ccc(-n2c(SCC(=O)NC(C)C(C)C)nnc2N2CCCCC2)cc1. The molecule has 1 aliphatic heterocycles. The molecule has 1 unspecified atom stereocenters. The van der Waals surface area contributed by atoms with Crippen LogP contribution in [-0.2, 0) is 4.79 Å². The first kappa shape index (κ1) is 20.7. The summed E-state index contributed by atoms with van der Waals surface area (Å²) >= 11 is 1.44. The summed E-state index contributed by atoms with van der Waals surface area (Å²) < 4.78 is 2.09. The van der Waals surface area contributed by atoms with Crippen molar-refractivity contribution in [1.29, 1.82) is 0 Å². The van der Waals surface area contributed by atoms with Crippen LogP contribution < -0.4 is 10.2 Å². The Kier molecular flexibility index (Phi) is 6.99. The van der Waals surface area contributed by atoms with E-state index < -0.39 is 0 Å². The van der Waals surface area contributed by atoms with Crippen LogP contribution >= 0.6 is 11.8 Å². The van der Waals surface area contributed by atoms with E-state index in [2.05, 4.69) is 70.0 Å². The van der Waals surface area contributed by atoms with Gasteiger partial charge in [0.05, 0.1) is 11.4 Å². The number of aryl methyl sites for hydroxylation is 1. The second-order valence-corrected chi connectivity index (χ2v) is 8.83. The monoisotopic (exact) mass is 401 g/mol. The molecule has 7 heteroatoms. The average molecular weight is 402 g/mol. The van der Waals surface area contributed by atoms with Gasteiger partial charge in [0.2, 0.25) is 11.9 Å². The van der Waals surface area contributed by atoms with Gasteiger partial charge < -0.3 is 10.2 Å². The highest BCUT2D eigenvalue weighted by molar-refractivity contribution is 7.99. The van der Waals surface area contributed by atoms with E-state index in [0.29, 0.717) is 11.7 Å². The molecule has 1 aromatic heterocycles. The number of benzene rings is 1. The molecule has 6 nitrogen and oxygen atoms in total. The zero-order valence-corrected chi connectivity index (χ0v) is 18.1. The summed E-state index contributed by atoms with van der Waals surface area (Å²) in [4.78, 5) is 14.6. The van der Waals surface area contributed by atoms with Crippen molar-refractivity contribution in [2.75, 3.05) is 23.7 Å². The van der Waals surface area contributed by atoms with E-state index in [1.54, 1.807) is 0 Å². The summed E-state index contributed by atoms with van der Waals surface area (Å²) in [5.41, 5.74) is 2.25. The van der Waals surface area contributed by atoms with E-state index in [1.165, 1.54) is 36.6 Å². The van der Waals surface area contributed by atoms with Gasteiger partial charge in [0.25, 0.3) is 0 Å². The molecule has 1 N–H and O–H groups in total. The quantitative estimate of drug-likeness (QED) is 0.715. The van der Waals surface area contributed by atoms with Crippen molar-refractivity contribution in [2.45, 2.75) is 58.2 Å². The van der Waals surface area contributed by atoms with Crippen molar-refractivity contribution in [2.24, 2.45) is 5.92 Å². The number of thioether (sulfide) groups is 1. The van der Waals surface area contributed by atoms with Crippen LogP contribution in [0.25, 0.3) is 5.69 Å². The zero-order valence-electron chi connectivity index (χ0n) is 17.3. The van der Waals surface area contributed by atoms with E-state index in [4.69, 9.17) is 0 Å². The van der Waals surface area contributed by atoms with Gasteiger partial charge in [-0.15, -0.1) is 10.2 Å². The third-order valence-corrected chi connectivity index (χ3v) is 6.20. The lowest BCUT2D eigenvalue weighted by atomic mass is 10.1. The second kappa shape index (κ2) is 9.45. The van der Waals surface area contributed by atoms with E-state index in [-0.39, 0.29) is 11.9 Å². The largest absolute Gasteiger partial charge is 0.353 e. The van der Waals surface area contributed by atoms with Gasteiger partial charge in [-0.05, 0) is 51.2 Å². The standard InChI is InChI=1S/C21H31N5OS/c1-15(2)17(4)22-19(27)14-28-21-24-23-20(25-12-6-5-7-13-25)26(21)18-10-8-16(3)9-11-18/h8-11,15,17H,5-7,12-14H2,1-4H3,(H,22,27). The fourth-order valence-corrected chi connectivity index (χ4v) is 3.92. The van der Waals surface area contributed by atoms with Crippen molar-refractivity contribution in [3.63, 3.8) is 0 Å². The number of aromatic nitrogens is 3. The predicted molar refractivity (Wildman–Crippen MR) is 115 cm³/mol. The summed E-state index contributed by atoms with van der Waals surface area (Å²) in [5.74, 6) is 1.66. The van der Waals surface area contributed by atoms with Gasteiger partial charge in [0.1, 0.15) is 0 Å². The lowest BCUT2D eigenvalue weighted by Gasteiger charge is -2.27. The van der Waals surface area contributed by atoms with Crippen LogP contribution in [0.1, 0.15) is 45.6 Å². The Morgan fingerprint density at radius 1 is 1.11 bits per heavy atom. The number of nitrogens with zero attached hydrogens (tertiary/aromatic N) is 4. The minimum atomic E-state index is 0.0316. The van der Waals surface area contributed by atoms with Crippen LogP contribution in [0, 0.1) is 12.8 Å². The molecule has 2 heterocycles. The Morgan fingerprint density at radius 3 is 2.43 bits per heavy atom. The van der Waals surface area contributed by atoms with Gasteiger partial charge in [-0.25, -0.2) is 0 Å². The van der Waals surface area contributed by atoms with Crippen LogP contribution in [-0.4, -0.2) is 45.6 Å². The molecule has 3 rings (SSSR count). The molecule has 28 heavy (non-hydrogen) atoms. The maximum absolute atomic E-state index is 12.3. The molecule has 0 aliphatic carbocycles. The zero-order chi connectivity index (χ0) is 20.1. The van der Waals surface area contributed by atoms with E-state index in [1.807, 2.05) is 6.92 Å². The maximum Gasteiger partial charge on any atom is 0.232 e. The first-order valence-electron chi connectivity index (χ1n) is 10.1. The smallest absolute Gasteiger partial charge is 0.232 e. The highest BCUT2D eigenvalue weighted by Crippen LogP contribution is 2.28. The molecule has 1 amide bonds. The van der Waals surface area contributed by atoms with E-state index >= 15 is 0 Å². The van der Waals surface area contributed by atoms with Crippen LogP contribution in [0.2, 0.25) is 0 Å². The molecular weight excluding hydrogens is 370 g/mol. The third kappa shape index (κ3) is 5.07. The van der Waals surface area contributed by atoms with Gasteiger partial charge in [0.15, 0.2) is 5.16 Å². The number of hydrogen-bond donors (Lipinski definition) is 1. The highest BCUT2D eigenvalue weighted by atomic mass is 32.2. The molecule has 0 saturated carbocycles. The minimum Gasteiger partial charge on any atom is -0.353 e. The molecule has 0 radical (unpaired) electrons. The molecule has 1 aromatic carbocycles. The van der Waals surface area contributed by atoms with Crippen molar-refractivity contribution in [3.05, 3.63) is 29.8 Å². The number of rotatable bonds is 7. The normalized spacial score (nSPS) is 15.7. The van der Waals surface area contributed by atoms with Crippen LogP contribution in [0.3, 0.4) is 0 Å². The molecular formula is C21H31N5OS. The Balaban J connectivity index is 1.81. The molecule has 152 valence electrons. The molecule has 0 bridgehead atoms. The molecule has 1 fully saturated rings. The Morgan fingerprint density at radius 2 is 1.79 bits per heavy atom. The van der Waals surface area contributed by atoms with Gasteiger partial charge in [0, 0.05) is 19.1 Å². The Bertz CT molecular complexity index is 781. The number of hydrogen-bond acceptors (Lipinski definition) is 5. The molecule has 0 spiro atoms. The third-order valence-electron chi connectivity index (χ3n) is 5.27. The lowest BCUT2D eigenvalue weighted by Crippen LogP contribution is -2.37. The van der Waals surface area contributed by atoms with Gasteiger partial charge in [-0.2, -0.15) is 0 Å². The molecule has 2 aromatic rings. The molecule has 1 aliphatic rings. The number of carbonyl (C=O) groups excluding carboxylic acids is 1. The predicted octanol–water partition coefficient (Wildman–Crippen LogP) is 3.82. The first-order chi connectivity index (χ1) is 13.5. The fraction of sp³-hybridized carbons (Fsp3) is 0.571. The molecule has 1 saturated heterocycles. The van der Waals surface area contributed by atoms with Crippen molar-refractivity contribution < 1.29 is 4.79 Å². The second-order valence-electron chi connectivity index (χ2n) is 7.89. The van der Waals surface area contributed by atoms with Crippen molar-refractivity contribution in [3.8, 4) is 5.69 Å². The van der Waals surface area contributed by atoms with Crippen LogP contribution in [0.5, 0.6) is 0 Å². The van der Waals surface area contributed by atoms with Crippen molar-refractivity contribution in [1.82, 2.24) is 20.1 Å². The number of amides is 1. The highest BCUT2D eigenvalue weighted by Gasteiger charge is 2.22. The first-order valence-corrected chi connectivity index (χ1v) is 11.1. The van der Waals surface area contributed by atoms with Crippen LogP contribution in [0.4, 0.5) is 5.95 Å². The van der Waals surface area contributed by atoms with Gasteiger partial charge in [-0.3, -0.25) is 9.36 Å².